The molecule has 0 N–H and O–H groups in total. The summed E-state index contributed by atoms with van der Waals surface area (Å²) in [7, 11) is 1.28. The van der Waals surface area contributed by atoms with E-state index < -0.39 is 5.97 Å². The van der Waals surface area contributed by atoms with Crippen LogP contribution in [0.4, 0.5) is 4.39 Å². The number of carbonyl (C=O) groups is 1. The Labute approximate surface area is 103 Å². The summed E-state index contributed by atoms with van der Waals surface area (Å²) in [5.41, 5.74) is 1.15. The fourth-order valence-electron chi connectivity index (χ4n) is 1.21. The summed E-state index contributed by atoms with van der Waals surface area (Å²) in [6.07, 6.45) is 0.307. The van der Waals surface area contributed by atoms with Crippen LogP contribution in [0, 0.1) is 16.5 Å². The van der Waals surface area contributed by atoms with Crippen molar-refractivity contribution in [2.45, 2.75) is 6.42 Å². The van der Waals surface area contributed by atoms with Gasteiger partial charge in [-0.15, -0.1) is 0 Å². The van der Waals surface area contributed by atoms with Crippen LogP contribution in [0.5, 0.6) is 0 Å². The molecule has 0 aromatic heterocycles. The largest absolute Gasteiger partial charge is 0.466 e. The predicted molar refractivity (Wildman–Crippen MR) is 63.4 cm³/mol. The normalized spacial score (nSPS) is 10.8. The molecule has 0 bridgehead atoms. The maximum atomic E-state index is 12.7. The van der Waals surface area contributed by atoms with Crippen molar-refractivity contribution in [2.75, 3.05) is 7.11 Å². The molecule has 0 aliphatic carbocycles. The van der Waals surface area contributed by atoms with Gasteiger partial charge in [0.1, 0.15) is 11.2 Å². The Morgan fingerprint density at radius 1 is 1.53 bits per heavy atom. The third-order valence-electron chi connectivity index (χ3n) is 2.01. The molecule has 1 rings (SSSR count). The van der Waals surface area contributed by atoms with Crippen LogP contribution in [0.25, 0.3) is 0 Å². The van der Waals surface area contributed by atoms with Gasteiger partial charge < -0.3 is 4.74 Å². The van der Waals surface area contributed by atoms with Crippen LogP contribution in [0.3, 0.4) is 0 Å². The maximum absolute atomic E-state index is 12.7. The fraction of sp³-hybridized carbons (Fsp3) is 0.167. The van der Waals surface area contributed by atoms with Gasteiger partial charge in [0.2, 0.25) is 0 Å². The van der Waals surface area contributed by atoms with Crippen LogP contribution in [0.15, 0.2) is 35.2 Å². The van der Waals surface area contributed by atoms with E-state index in [4.69, 9.17) is 5.26 Å². The summed E-state index contributed by atoms with van der Waals surface area (Å²) in [4.78, 5) is 11.4. The molecule has 0 saturated heterocycles. The molecule has 0 heterocycles. The van der Waals surface area contributed by atoms with Crippen LogP contribution in [0.2, 0.25) is 0 Å². The second-order valence-electron chi connectivity index (χ2n) is 3.15. The molecule has 0 amide bonds. The highest BCUT2D eigenvalue weighted by Crippen LogP contribution is 2.14. The monoisotopic (exact) mass is 251 g/mol. The van der Waals surface area contributed by atoms with E-state index in [1.807, 2.05) is 5.40 Å². The number of hydrogen-bond acceptors (Lipinski definition) is 4. The molecule has 0 spiro atoms. The summed E-state index contributed by atoms with van der Waals surface area (Å²) in [5, 5.41) is 11.7. The Balaban J connectivity index is 2.83. The van der Waals surface area contributed by atoms with Gasteiger partial charge in [0.05, 0.1) is 7.11 Å². The number of thiocyanates is 1. The van der Waals surface area contributed by atoms with E-state index in [1.54, 1.807) is 12.1 Å². The van der Waals surface area contributed by atoms with E-state index >= 15 is 0 Å². The van der Waals surface area contributed by atoms with Gasteiger partial charge in [-0.1, -0.05) is 12.1 Å². The average molecular weight is 251 g/mol. The SMILES string of the molecule is COC(=O)/C(=C/SC#N)Cc1ccc(F)cc1. The molecule has 0 saturated carbocycles. The Morgan fingerprint density at radius 3 is 2.71 bits per heavy atom. The lowest BCUT2D eigenvalue weighted by Crippen LogP contribution is -2.07. The van der Waals surface area contributed by atoms with E-state index in [-0.39, 0.29) is 5.82 Å². The number of benzene rings is 1. The second kappa shape index (κ2) is 6.71. The molecule has 0 aliphatic rings. The fourth-order valence-corrected chi connectivity index (χ4v) is 1.59. The topological polar surface area (TPSA) is 50.1 Å². The summed E-state index contributed by atoms with van der Waals surface area (Å²) >= 11 is 0.851. The van der Waals surface area contributed by atoms with Crippen molar-refractivity contribution in [3.8, 4) is 5.40 Å². The maximum Gasteiger partial charge on any atom is 0.334 e. The molecule has 1 aromatic rings. The summed E-state index contributed by atoms with van der Waals surface area (Å²) in [6, 6.07) is 5.82. The Morgan fingerprint density at radius 2 is 2.18 bits per heavy atom. The van der Waals surface area contributed by atoms with Gasteiger partial charge in [0, 0.05) is 12.0 Å². The lowest BCUT2D eigenvalue weighted by atomic mass is 10.1. The van der Waals surface area contributed by atoms with Crippen molar-refractivity contribution in [3.63, 3.8) is 0 Å². The lowest BCUT2D eigenvalue weighted by Gasteiger charge is -2.04. The first-order valence-electron chi connectivity index (χ1n) is 4.74. The molecular weight excluding hydrogens is 241 g/mol. The number of rotatable bonds is 4. The number of hydrogen-bond donors (Lipinski definition) is 0. The number of esters is 1. The number of carbonyl (C=O) groups excluding carboxylic acids is 1. The third kappa shape index (κ3) is 4.29. The van der Waals surface area contributed by atoms with E-state index in [1.165, 1.54) is 24.7 Å². The molecule has 0 radical (unpaired) electrons. The van der Waals surface area contributed by atoms with Crippen LogP contribution in [-0.2, 0) is 16.0 Å². The Hall–Kier alpha value is -1.80. The van der Waals surface area contributed by atoms with E-state index in [0.29, 0.717) is 12.0 Å². The first-order chi connectivity index (χ1) is 8.17. The molecule has 88 valence electrons. The average Bonchev–Trinajstić information content (AvgIpc) is 2.36. The van der Waals surface area contributed by atoms with Crippen LogP contribution in [-0.4, -0.2) is 13.1 Å². The van der Waals surface area contributed by atoms with Crippen molar-refractivity contribution in [1.82, 2.24) is 0 Å². The molecule has 0 fully saturated rings. The number of nitriles is 1. The number of methoxy groups -OCH3 is 1. The summed E-state index contributed by atoms with van der Waals surface area (Å²) in [6.45, 7) is 0. The first kappa shape index (κ1) is 13.3. The zero-order valence-electron chi connectivity index (χ0n) is 9.14. The van der Waals surface area contributed by atoms with Gasteiger partial charge in [0.15, 0.2) is 0 Å². The zero-order valence-corrected chi connectivity index (χ0v) is 9.96. The van der Waals surface area contributed by atoms with Crippen LogP contribution < -0.4 is 0 Å². The molecule has 0 aliphatic heterocycles. The lowest BCUT2D eigenvalue weighted by molar-refractivity contribution is -0.136. The molecule has 3 nitrogen and oxygen atoms in total. The number of nitrogens with zero attached hydrogens (tertiary/aromatic N) is 1. The number of thioether (sulfide) groups is 1. The van der Waals surface area contributed by atoms with Crippen LogP contribution in [0.1, 0.15) is 5.56 Å². The van der Waals surface area contributed by atoms with Gasteiger partial charge in [0.25, 0.3) is 0 Å². The van der Waals surface area contributed by atoms with Gasteiger partial charge in [-0.2, -0.15) is 5.26 Å². The Kier molecular flexibility index (Phi) is 5.24. The van der Waals surface area contributed by atoms with E-state index in [9.17, 15) is 9.18 Å². The van der Waals surface area contributed by atoms with E-state index in [0.717, 1.165) is 17.3 Å². The van der Waals surface area contributed by atoms with E-state index in [2.05, 4.69) is 4.74 Å². The summed E-state index contributed by atoms with van der Waals surface area (Å²) < 4.78 is 17.3. The highest BCUT2D eigenvalue weighted by atomic mass is 32.2. The predicted octanol–water partition coefficient (Wildman–Crippen LogP) is 2.64. The minimum atomic E-state index is -0.489. The third-order valence-corrected chi connectivity index (χ3v) is 2.52. The van der Waals surface area contributed by atoms with Crippen molar-refractivity contribution in [3.05, 3.63) is 46.6 Å². The molecule has 0 atom stereocenters. The highest BCUT2D eigenvalue weighted by molar-refractivity contribution is 8.06. The minimum Gasteiger partial charge on any atom is -0.466 e. The second-order valence-corrected chi connectivity index (χ2v) is 3.80. The molecule has 5 heteroatoms. The standard InChI is InChI=1S/C12H10FNO2S/c1-16-12(15)10(7-17-8-14)6-9-2-4-11(13)5-3-9/h2-5,7H,6H2,1H3/b10-7+. The quantitative estimate of drug-likeness (QED) is 0.469. The molecular formula is C12H10FNO2S. The minimum absolute atomic E-state index is 0.307. The van der Waals surface area contributed by atoms with Crippen molar-refractivity contribution < 1.29 is 13.9 Å². The van der Waals surface area contributed by atoms with Gasteiger partial charge in [-0.25, -0.2) is 9.18 Å². The molecule has 0 unspecified atom stereocenters. The van der Waals surface area contributed by atoms with Crippen molar-refractivity contribution in [1.29, 1.82) is 5.26 Å². The van der Waals surface area contributed by atoms with Crippen molar-refractivity contribution >= 4 is 17.7 Å². The summed E-state index contributed by atoms with van der Waals surface area (Å²) in [5.74, 6) is -0.819. The smallest absolute Gasteiger partial charge is 0.334 e. The molecule has 17 heavy (non-hydrogen) atoms. The van der Waals surface area contributed by atoms with Crippen LogP contribution >= 0.6 is 11.8 Å². The van der Waals surface area contributed by atoms with Gasteiger partial charge in [-0.3, -0.25) is 0 Å². The highest BCUT2D eigenvalue weighted by Gasteiger charge is 2.10. The van der Waals surface area contributed by atoms with Gasteiger partial charge >= 0.3 is 5.97 Å². The number of ether oxygens (including phenoxy) is 1. The van der Waals surface area contributed by atoms with Gasteiger partial charge in [-0.05, 0) is 34.9 Å². The number of halogens is 1. The zero-order chi connectivity index (χ0) is 12.7. The Bertz CT molecular complexity index is 462. The molecule has 1 aromatic carbocycles. The van der Waals surface area contributed by atoms with Crippen molar-refractivity contribution in [2.24, 2.45) is 0 Å². The first-order valence-corrected chi connectivity index (χ1v) is 5.62.